The minimum Gasteiger partial charge on any atom is -0.394 e. The Balaban J connectivity index is 1.41. The predicted octanol–water partition coefficient (Wildman–Crippen LogP) is 5.15. The molecule has 0 spiro atoms. The Morgan fingerprint density at radius 3 is 1.29 bits per heavy atom. The largest absolute Gasteiger partial charge is 0.394 e. The maximum absolute atomic E-state index is 13.3. The first kappa shape index (κ1) is 69.5. The van der Waals surface area contributed by atoms with E-state index < -0.39 is 124 Å². The van der Waals surface area contributed by atoms with Crippen LogP contribution in [0.3, 0.4) is 0 Å². The highest BCUT2D eigenvalue weighted by molar-refractivity contribution is 5.76. The van der Waals surface area contributed by atoms with Gasteiger partial charge < -0.3 is 89.9 Å². The van der Waals surface area contributed by atoms with E-state index in [0.717, 1.165) is 44.9 Å². The van der Waals surface area contributed by atoms with Gasteiger partial charge in [0, 0.05) is 6.42 Å². The summed E-state index contributed by atoms with van der Waals surface area (Å²) in [5.41, 5.74) is 0. The first-order chi connectivity index (χ1) is 37.3. The number of unbranched alkanes of at least 4 members (excludes halogenated alkanes) is 26. The van der Waals surface area contributed by atoms with Gasteiger partial charge in [0.15, 0.2) is 18.9 Å². The standard InChI is InChI=1S/C58H107NO18/c1-3-5-7-9-11-13-14-15-16-17-18-19-20-21-22-23-24-25-26-27-28-30-32-34-36-46(64)59-41(42(63)35-33-31-29-12-10-8-6-4-2)40-72-56-52(70)49(67)54(44(38-61)74-56)77-58-53(71)50(68)55(45(39-62)75-58)76-57-51(69)48(66)47(65)43(37-60)73-57/h10,12,33,35,41-45,47-58,60-63,65-71H,3-9,11,13-32,34,36-40H2,1-2H3,(H,59,64)/b12-10+,35-33+. The number of amides is 1. The minimum absolute atomic E-state index is 0.239. The summed E-state index contributed by atoms with van der Waals surface area (Å²) in [5, 5.41) is 120. The number of aliphatic hydroxyl groups excluding tert-OH is 11. The topological polar surface area (TPSA) is 307 Å². The van der Waals surface area contributed by atoms with Gasteiger partial charge in [-0.1, -0.05) is 199 Å². The summed E-state index contributed by atoms with van der Waals surface area (Å²) < 4.78 is 34.1. The third-order valence-electron chi connectivity index (χ3n) is 15.3. The molecule has 19 heteroatoms. The van der Waals surface area contributed by atoms with Crippen molar-refractivity contribution in [3.63, 3.8) is 0 Å². The molecular formula is C58H107NO18. The first-order valence-electron chi connectivity index (χ1n) is 30.1. The number of carbonyl (C=O) groups excluding carboxylic acids is 1. The molecule has 3 heterocycles. The summed E-state index contributed by atoms with van der Waals surface area (Å²) in [6.45, 7) is 1.62. The maximum Gasteiger partial charge on any atom is 0.220 e. The number of rotatable bonds is 44. The highest BCUT2D eigenvalue weighted by Gasteiger charge is 2.53. The summed E-state index contributed by atoms with van der Waals surface area (Å²) in [5.74, 6) is -0.286. The summed E-state index contributed by atoms with van der Waals surface area (Å²) >= 11 is 0. The van der Waals surface area contributed by atoms with Crippen LogP contribution in [0.5, 0.6) is 0 Å². The highest BCUT2D eigenvalue weighted by Crippen LogP contribution is 2.33. The summed E-state index contributed by atoms with van der Waals surface area (Å²) in [6, 6.07) is -0.983. The molecule has 0 aromatic carbocycles. The van der Waals surface area contributed by atoms with Gasteiger partial charge in [-0.3, -0.25) is 4.79 Å². The molecule has 0 bridgehead atoms. The highest BCUT2D eigenvalue weighted by atomic mass is 16.8. The lowest BCUT2D eigenvalue weighted by Gasteiger charge is -2.48. The molecule has 17 atom stereocenters. The fourth-order valence-corrected chi connectivity index (χ4v) is 10.3. The van der Waals surface area contributed by atoms with E-state index in [1.54, 1.807) is 6.08 Å². The van der Waals surface area contributed by atoms with Gasteiger partial charge in [0.2, 0.25) is 5.91 Å². The van der Waals surface area contributed by atoms with Crippen molar-refractivity contribution in [2.75, 3.05) is 26.4 Å². The number of nitrogens with one attached hydrogen (secondary N) is 1. The minimum atomic E-state index is -1.98. The molecule has 3 aliphatic rings. The van der Waals surface area contributed by atoms with E-state index in [-0.39, 0.29) is 18.9 Å². The molecule has 12 N–H and O–H groups in total. The van der Waals surface area contributed by atoms with E-state index in [4.69, 9.17) is 28.4 Å². The fourth-order valence-electron chi connectivity index (χ4n) is 10.3. The Morgan fingerprint density at radius 1 is 0.455 bits per heavy atom. The Labute approximate surface area is 460 Å². The van der Waals surface area contributed by atoms with E-state index in [0.29, 0.717) is 12.8 Å². The average molecular weight is 1110 g/mol. The molecule has 3 saturated heterocycles. The van der Waals surface area contributed by atoms with E-state index in [1.807, 2.05) is 6.08 Å². The van der Waals surface area contributed by atoms with Crippen LogP contribution in [0.4, 0.5) is 0 Å². The van der Waals surface area contributed by atoms with Crippen LogP contribution in [0.15, 0.2) is 24.3 Å². The van der Waals surface area contributed by atoms with Crippen LogP contribution in [0.25, 0.3) is 0 Å². The molecule has 19 nitrogen and oxygen atoms in total. The molecule has 0 saturated carbocycles. The van der Waals surface area contributed by atoms with E-state index in [9.17, 15) is 61.0 Å². The Hall–Kier alpha value is -1.73. The molecular weight excluding hydrogens is 999 g/mol. The zero-order chi connectivity index (χ0) is 56.2. The number of carbonyl (C=O) groups is 1. The van der Waals surface area contributed by atoms with Crippen LogP contribution in [0.1, 0.15) is 206 Å². The lowest BCUT2D eigenvalue weighted by atomic mass is 9.96. The Bertz CT molecular complexity index is 1510. The first-order valence-corrected chi connectivity index (χ1v) is 30.1. The van der Waals surface area contributed by atoms with Crippen LogP contribution < -0.4 is 5.32 Å². The van der Waals surface area contributed by atoms with Crippen LogP contribution in [0, 0.1) is 0 Å². The van der Waals surface area contributed by atoms with Crippen molar-refractivity contribution in [2.24, 2.45) is 0 Å². The lowest BCUT2D eigenvalue weighted by Crippen LogP contribution is -2.66. The summed E-state index contributed by atoms with van der Waals surface area (Å²) in [6.07, 6.45) is 16.4. The second kappa shape index (κ2) is 42.1. The predicted molar refractivity (Wildman–Crippen MR) is 291 cm³/mol. The van der Waals surface area contributed by atoms with E-state index >= 15 is 0 Å². The van der Waals surface area contributed by atoms with E-state index in [1.165, 1.54) is 128 Å². The van der Waals surface area contributed by atoms with Gasteiger partial charge >= 0.3 is 0 Å². The molecule has 452 valence electrons. The second-order valence-corrected chi connectivity index (χ2v) is 21.8. The zero-order valence-corrected chi connectivity index (χ0v) is 46.9. The normalized spacial score (nSPS) is 30.8. The smallest absolute Gasteiger partial charge is 0.220 e. The molecule has 0 aliphatic carbocycles. The molecule has 3 aliphatic heterocycles. The number of allylic oxidation sites excluding steroid dienone is 3. The van der Waals surface area contributed by atoms with Crippen LogP contribution in [0.2, 0.25) is 0 Å². The zero-order valence-electron chi connectivity index (χ0n) is 46.9. The molecule has 0 radical (unpaired) electrons. The van der Waals surface area contributed by atoms with Crippen molar-refractivity contribution < 1.29 is 89.4 Å². The molecule has 0 aromatic rings. The molecule has 3 rings (SSSR count). The third kappa shape index (κ3) is 26.4. The average Bonchev–Trinajstić information content (AvgIpc) is 3.44. The number of ether oxygens (including phenoxy) is 6. The van der Waals surface area contributed by atoms with Crippen molar-refractivity contribution in [3.8, 4) is 0 Å². The van der Waals surface area contributed by atoms with Gasteiger partial charge in [-0.15, -0.1) is 0 Å². The molecule has 3 fully saturated rings. The van der Waals surface area contributed by atoms with Crippen molar-refractivity contribution in [1.29, 1.82) is 0 Å². The number of aliphatic hydroxyl groups is 11. The Morgan fingerprint density at radius 2 is 0.831 bits per heavy atom. The monoisotopic (exact) mass is 1110 g/mol. The van der Waals surface area contributed by atoms with Crippen LogP contribution >= 0.6 is 0 Å². The van der Waals surface area contributed by atoms with Crippen LogP contribution in [-0.2, 0) is 33.2 Å². The van der Waals surface area contributed by atoms with Crippen LogP contribution in [-0.4, -0.2) is 193 Å². The van der Waals surface area contributed by atoms with Crippen molar-refractivity contribution in [2.45, 2.75) is 311 Å². The van der Waals surface area contributed by atoms with Crippen molar-refractivity contribution >= 4 is 5.91 Å². The quantitative estimate of drug-likeness (QED) is 0.0277. The fraction of sp³-hybridized carbons (Fsp3) is 0.914. The van der Waals surface area contributed by atoms with Gasteiger partial charge in [-0.25, -0.2) is 0 Å². The van der Waals surface area contributed by atoms with E-state index in [2.05, 4.69) is 31.3 Å². The van der Waals surface area contributed by atoms with Crippen molar-refractivity contribution in [1.82, 2.24) is 5.32 Å². The SMILES string of the molecule is CCCC/C=C/CC/C=C/C(O)C(COC1OC(CO)C(OC2OC(CO)C(OC3OC(CO)C(O)C(O)C3O)C(O)C2O)C(O)C1O)NC(=O)CCCCCCCCCCCCCCCCCCCCCCCCCC. The Kier molecular flexibility index (Phi) is 38.1. The summed E-state index contributed by atoms with van der Waals surface area (Å²) in [4.78, 5) is 13.3. The second-order valence-electron chi connectivity index (χ2n) is 21.8. The van der Waals surface area contributed by atoms with Crippen molar-refractivity contribution in [3.05, 3.63) is 24.3 Å². The number of hydrogen-bond acceptors (Lipinski definition) is 18. The molecule has 17 unspecified atom stereocenters. The van der Waals surface area contributed by atoms with Gasteiger partial charge in [-0.2, -0.15) is 0 Å². The molecule has 0 aromatic heterocycles. The van der Waals surface area contributed by atoms with Gasteiger partial charge in [-0.05, 0) is 25.7 Å². The van der Waals surface area contributed by atoms with Gasteiger partial charge in [0.05, 0.1) is 38.6 Å². The lowest BCUT2D eigenvalue weighted by molar-refractivity contribution is -0.379. The molecule has 77 heavy (non-hydrogen) atoms. The third-order valence-corrected chi connectivity index (χ3v) is 15.3. The maximum atomic E-state index is 13.3. The summed E-state index contributed by atoms with van der Waals surface area (Å²) in [7, 11) is 0. The van der Waals surface area contributed by atoms with Gasteiger partial charge in [0.1, 0.15) is 73.2 Å². The molecule has 1 amide bonds. The number of hydrogen-bond donors (Lipinski definition) is 12. The van der Waals surface area contributed by atoms with Gasteiger partial charge in [0.25, 0.3) is 0 Å².